The fourth-order valence-electron chi connectivity index (χ4n) is 2.31. The molecule has 0 unspecified atom stereocenters. The molecular formula is C18H22O4Si. The van der Waals surface area contributed by atoms with E-state index in [2.05, 4.69) is 31.1 Å². The second-order valence-corrected chi connectivity index (χ2v) is 11.9. The van der Waals surface area contributed by atoms with Crippen molar-refractivity contribution < 1.29 is 19.1 Å². The zero-order valence-electron chi connectivity index (χ0n) is 14.2. The van der Waals surface area contributed by atoms with E-state index in [4.69, 9.17) is 9.47 Å². The summed E-state index contributed by atoms with van der Waals surface area (Å²) < 4.78 is 10.5. The quantitative estimate of drug-likeness (QED) is 0.362. The van der Waals surface area contributed by atoms with E-state index in [1.54, 1.807) is 13.8 Å². The first kappa shape index (κ1) is 17.3. The molecule has 1 aromatic rings. The number of benzene rings is 1. The topological polar surface area (TPSA) is 52.6 Å². The third kappa shape index (κ3) is 4.46. The predicted octanol–water partition coefficient (Wildman–Crippen LogP) is 3.10. The first-order chi connectivity index (χ1) is 10.6. The van der Waals surface area contributed by atoms with Crippen LogP contribution in [0.2, 0.25) is 19.6 Å². The van der Waals surface area contributed by atoms with Crippen LogP contribution in [0, 0.1) is 17.4 Å². The van der Waals surface area contributed by atoms with Crippen LogP contribution in [0.1, 0.15) is 25.3 Å². The number of ether oxygens (including phenoxy) is 2. The molecule has 1 atom stereocenters. The van der Waals surface area contributed by atoms with Gasteiger partial charge in [0.05, 0.1) is 5.92 Å². The molecule has 2 rings (SSSR count). The van der Waals surface area contributed by atoms with Gasteiger partial charge in [-0.25, -0.2) is 0 Å². The van der Waals surface area contributed by atoms with Gasteiger partial charge in [0.1, 0.15) is 8.07 Å². The van der Waals surface area contributed by atoms with E-state index in [0.717, 1.165) is 5.56 Å². The van der Waals surface area contributed by atoms with Gasteiger partial charge < -0.3 is 9.47 Å². The summed E-state index contributed by atoms with van der Waals surface area (Å²) in [6, 6.07) is 9.34. The molecule has 0 amide bonds. The van der Waals surface area contributed by atoms with Crippen LogP contribution in [-0.4, -0.2) is 25.8 Å². The lowest BCUT2D eigenvalue weighted by Gasteiger charge is -2.34. The van der Waals surface area contributed by atoms with Crippen molar-refractivity contribution in [2.45, 2.75) is 45.2 Å². The molecule has 1 heterocycles. The molecule has 0 aromatic heterocycles. The van der Waals surface area contributed by atoms with Crippen LogP contribution in [0.25, 0.3) is 0 Å². The highest BCUT2D eigenvalue weighted by molar-refractivity contribution is 6.83. The maximum absolute atomic E-state index is 12.4. The van der Waals surface area contributed by atoms with Crippen molar-refractivity contribution in [3.05, 3.63) is 35.9 Å². The second-order valence-electron chi connectivity index (χ2n) is 7.13. The Hall–Kier alpha value is -2.06. The van der Waals surface area contributed by atoms with E-state index < -0.39 is 37.6 Å². The van der Waals surface area contributed by atoms with Crippen LogP contribution in [0.5, 0.6) is 0 Å². The van der Waals surface area contributed by atoms with Crippen LogP contribution in [0.15, 0.2) is 30.3 Å². The lowest BCUT2D eigenvalue weighted by atomic mass is 9.86. The Bertz CT molecular complexity index is 642. The van der Waals surface area contributed by atoms with Gasteiger partial charge in [0.2, 0.25) is 0 Å². The molecule has 23 heavy (non-hydrogen) atoms. The van der Waals surface area contributed by atoms with Crippen LogP contribution in [-0.2, 0) is 19.1 Å². The summed E-state index contributed by atoms with van der Waals surface area (Å²) in [5.74, 6) is -0.841. The van der Waals surface area contributed by atoms with Crippen molar-refractivity contribution in [1.82, 2.24) is 0 Å². The van der Waals surface area contributed by atoms with Crippen LogP contribution >= 0.6 is 0 Å². The number of carbonyl (C=O) groups excluding carboxylic acids is 2. The van der Waals surface area contributed by atoms with Crippen molar-refractivity contribution in [2.75, 3.05) is 0 Å². The first-order valence-corrected chi connectivity index (χ1v) is 11.1. The Morgan fingerprint density at radius 3 is 2.04 bits per heavy atom. The fraction of sp³-hybridized carbons (Fsp3) is 0.444. The third-order valence-corrected chi connectivity index (χ3v) is 4.19. The van der Waals surface area contributed by atoms with Gasteiger partial charge in [0.15, 0.2) is 5.92 Å². The molecule has 0 spiro atoms. The molecule has 0 N–H and O–H groups in total. The Morgan fingerprint density at radius 1 is 1.04 bits per heavy atom. The standard InChI is InChI=1S/C18H22O4Si/c1-18(2)21-16(19)15(17(20)22-18)14(11-12-23(3,4)5)13-9-7-6-8-10-13/h6-10,14-15H,1-5H3/t14-/m1/s1. The minimum Gasteiger partial charge on any atom is -0.422 e. The number of hydrogen-bond donors (Lipinski definition) is 0. The minimum atomic E-state index is -1.65. The van der Waals surface area contributed by atoms with Crippen molar-refractivity contribution in [1.29, 1.82) is 0 Å². The number of carbonyl (C=O) groups is 2. The van der Waals surface area contributed by atoms with Crippen LogP contribution < -0.4 is 0 Å². The van der Waals surface area contributed by atoms with Crippen molar-refractivity contribution in [2.24, 2.45) is 5.92 Å². The second kappa shape index (κ2) is 6.21. The molecule has 1 fully saturated rings. The molecule has 122 valence electrons. The first-order valence-electron chi connectivity index (χ1n) is 7.62. The zero-order valence-corrected chi connectivity index (χ0v) is 15.2. The molecule has 5 heteroatoms. The van der Waals surface area contributed by atoms with Gasteiger partial charge in [-0.05, 0) is 5.56 Å². The van der Waals surface area contributed by atoms with E-state index in [9.17, 15) is 9.59 Å². The highest BCUT2D eigenvalue weighted by Gasteiger charge is 2.47. The average molecular weight is 330 g/mol. The molecule has 4 nitrogen and oxygen atoms in total. The summed E-state index contributed by atoms with van der Waals surface area (Å²) in [5.41, 5.74) is 4.07. The van der Waals surface area contributed by atoms with Gasteiger partial charge in [-0.3, -0.25) is 9.59 Å². The Kier molecular flexibility index (Phi) is 4.67. The highest BCUT2D eigenvalue weighted by Crippen LogP contribution is 2.33. The minimum absolute atomic E-state index is 0.556. The predicted molar refractivity (Wildman–Crippen MR) is 90.1 cm³/mol. The molecule has 0 saturated carbocycles. The summed E-state index contributed by atoms with van der Waals surface area (Å²) >= 11 is 0. The van der Waals surface area contributed by atoms with Crippen molar-refractivity contribution in [3.63, 3.8) is 0 Å². The maximum Gasteiger partial charge on any atom is 0.325 e. The van der Waals surface area contributed by atoms with E-state index in [0.29, 0.717) is 0 Å². The smallest absolute Gasteiger partial charge is 0.325 e. The molecule has 1 saturated heterocycles. The normalized spacial score (nSPS) is 19.2. The number of rotatable bonds is 2. The Morgan fingerprint density at radius 2 is 1.57 bits per heavy atom. The van der Waals surface area contributed by atoms with E-state index >= 15 is 0 Å². The largest absolute Gasteiger partial charge is 0.422 e. The lowest BCUT2D eigenvalue weighted by Crippen LogP contribution is -2.48. The van der Waals surface area contributed by atoms with E-state index in [1.807, 2.05) is 30.3 Å². The van der Waals surface area contributed by atoms with Gasteiger partial charge in [0.25, 0.3) is 5.79 Å². The molecule has 1 aliphatic rings. The van der Waals surface area contributed by atoms with Crippen LogP contribution in [0.4, 0.5) is 0 Å². The molecule has 0 bridgehead atoms. The van der Waals surface area contributed by atoms with E-state index in [-0.39, 0.29) is 0 Å². The summed E-state index contributed by atoms with van der Waals surface area (Å²) in [5, 5.41) is 0. The number of cyclic esters (lactones) is 2. The Labute approximate surface area is 138 Å². The van der Waals surface area contributed by atoms with Gasteiger partial charge in [-0.2, -0.15) is 0 Å². The van der Waals surface area contributed by atoms with Crippen molar-refractivity contribution in [3.8, 4) is 11.5 Å². The summed E-state index contributed by atoms with van der Waals surface area (Å²) in [4.78, 5) is 24.8. The SMILES string of the molecule is CC1(C)OC(=O)C([C@H](C#C[Si](C)(C)C)c2ccccc2)C(=O)O1. The molecule has 0 radical (unpaired) electrons. The van der Waals surface area contributed by atoms with Crippen LogP contribution in [0.3, 0.4) is 0 Å². The molecule has 1 aliphatic heterocycles. The zero-order chi connectivity index (χ0) is 17.3. The average Bonchev–Trinajstić information content (AvgIpc) is 2.40. The Balaban J connectivity index is 2.43. The maximum atomic E-state index is 12.4. The van der Waals surface area contributed by atoms with E-state index in [1.165, 1.54) is 0 Å². The van der Waals surface area contributed by atoms with Gasteiger partial charge in [-0.15, -0.1) is 11.5 Å². The summed E-state index contributed by atoms with van der Waals surface area (Å²) in [7, 11) is -1.65. The molecular weight excluding hydrogens is 308 g/mol. The van der Waals surface area contributed by atoms with Gasteiger partial charge in [0, 0.05) is 13.8 Å². The fourth-order valence-corrected chi connectivity index (χ4v) is 2.90. The lowest BCUT2D eigenvalue weighted by molar-refractivity contribution is -0.240. The summed E-state index contributed by atoms with van der Waals surface area (Å²) in [6.45, 7) is 9.43. The number of esters is 2. The number of hydrogen-bond acceptors (Lipinski definition) is 4. The third-order valence-electron chi connectivity index (χ3n) is 3.30. The molecule has 1 aromatic carbocycles. The monoisotopic (exact) mass is 330 g/mol. The van der Waals surface area contributed by atoms with Gasteiger partial charge >= 0.3 is 11.9 Å². The van der Waals surface area contributed by atoms with Crippen molar-refractivity contribution >= 4 is 20.0 Å². The summed E-state index contributed by atoms with van der Waals surface area (Å²) in [6.07, 6.45) is 0. The van der Waals surface area contributed by atoms with Gasteiger partial charge in [-0.1, -0.05) is 50.0 Å². The molecule has 0 aliphatic carbocycles. The highest BCUT2D eigenvalue weighted by atomic mass is 28.3.